The Labute approximate surface area is 139 Å². The lowest BCUT2D eigenvalue weighted by Gasteiger charge is -2.36. The zero-order valence-corrected chi connectivity index (χ0v) is 14.4. The van der Waals surface area contributed by atoms with Gasteiger partial charge in [-0.1, -0.05) is 26.0 Å². The highest BCUT2D eigenvalue weighted by molar-refractivity contribution is 5.78. The van der Waals surface area contributed by atoms with Crippen molar-refractivity contribution in [2.24, 2.45) is 5.92 Å². The molecule has 5 heteroatoms. The minimum absolute atomic E-state index is 0.0529. The van der Waals surface area contributed by atoms with Crippen LogP contribution in [0.5, 0.6) is 5.75 Å². The summed E-state index contributed by atoms with van der Waals surface area (Å²) >= 11 is 0. The van der Waals surface area contributed by atoms with E-state index in [-0.39, 0.29) is 5.91 Å². The molecule has 0 radical (unpaired) electrons. The van der Waals surface area contributed by atoms with E-state index in [1.54, 1.807) is 7.11 Å². The Morgan fingerprint density at radius 1 is 1.35 bits per heavy atom. The van der Waals surface area contributed by atoms with Crippen molar-refractivity contribution in [3.05, 3.63) is 29.8 Å². The molecule has 1 fully saturated rings. The largest absolute Gasteiger partial charge is 0.497 e. The number of ether oxygens (including phenoxy) is 2. The third-order valence-electron chi connectivity index (χ3n) is 4.29. The van der Waals surface area contributed by atoms with Crippen LogP contribution in [0.2, 0.25) is 0 Å². The molecule has 1 N–H and O–H groups in total. The van der Waals surface area contributed by atoms with Crippen molar-refractivity contribution >= 4 is 5.91 Å². The molecule has 1 saturated heterocycles. The minimum Gasteiger partial charge on any atom is -0.497 e. The maximum atomic E-state index is 12.2. The van der Waals surface area contributed by atoms with Gasteiger partial charge in [-0.25, -0.2) is 0 Å². The SMILES string of the molecule is COc1cccc(CC(=O)NCC(C(C)C)N2CCOCC2)c1. The molecule has 23 heavy (non-hydrogen) atoms. The summed E-state index contributed by atoms with van der Waals surface area (Å²) in [6.45, 7) is 8.52. The van der Waals surface area contributed by atoms with Crippen molar-refractivity contribution in [3.63, 3.8) is 0 Å². The van der Waals surface area contributed by atoms with Gasteiger partial charge in [0.25, 0.3) is 0 Å². The molecule has 0 saturated carbocycles. The molecule has 5 nitrogen and oxygen atoms in total. The summed E-state index contributed by atoms with van der Waals surface area (Å²) in [6.07, 6.45) is 0.380. The molecule has 1 aliphatic rings. The number of carbonyl (C=O) groups excluding carboxylic acids is 1. The Balaban J connectivity index is 1.85. The highest BCUT2D eigenvalue weighted by Crippen LogP contribution is 2.14. The number of rotatable bonds is 7. The highest BCUT2D eigenvalue weighted by atomic mass is 16.5. The van der Waals surface area contributed by atoms with E-state index in [0.29, 0.717) is 24.9 Å². The van der Waals surface area contributed by atoms with E-state index < -0.39 is 0 Å². The van der Waals surface area contributed by atoms with E-state index >= 15 is 0 Å². The third kappa shape index (κ3) is 5.52. The Morgan fingerprint density at radius 3 is 2.74 bits per heavy atom. The predicted octanol–water partition coefficient (Wildman–Crippen LogP) is 1.71. The van der Waals surface area contributed by atoms with Gasteiger partial charge in [0.05, 0.1) is 26.7 Å². The molecule has 1 atom stereocenters. The molecule has 0 aromatic heterocycles. The lowest BCUT2D eigenvalue weighted by Crippen LogP contribution is -2.51. The van der Waals surface area contributed by atoms with E-state index in [2.05, 4.69) is 24.1 Å². The zero-order valence-electron chi connectivity index (χ0n) is 14.4. The van der Waals surface area contributed by atoms with Crippen molar-refractivity contribution in [1.82, 2.24) is 10.2 Å². The number of hydrogen-bond donors (Lipinski definition) is 1. The molecule has 1 aromatic rings. The second kappa shape index (κ2) is 8.89. The molecule has 1 amide bonds. The summed E-state index contributed by atoms with van der Waals surface area (Å²) in [5, 5.41) is 3.09. The van der Waals surface area contributed by atoms with E-state index in [1.165, 1.54) is 0 Å². The van der Waals surface area contributed by atoms with Gasteiger partial charge in [0.1, 0.15) is 5.75 Å². The van der Waals surface area contributed by atoms with Crippen LogP contribution in [-0.4, -0.2) is 56.8 Å². The monoisotopic (exact) mass is 320 g/mol. The Bertz CT molecular complexity index is 499. The number of amides is 1. The summed E-state index contributed by atoms with van der Waals surface area (Å²) in [7, 11) is 1.63. The minimum atomic E-state index is 0.0529. The molecule has 2 rings (SSSR count). The Kier molecular flexibility index (Phi) is 6.86. The number of benzene rings is 1. The molecule has 0 spiro atoms. The first kappa shape index (κ1) is 17.8. The number of methoxy groups -OCH3 is 1. The van der Waals surface area contributed by atoms with Gasteiger partial charge in [0.2, 0.25) is 5.91 Å². The number of hydrogen-bond acceptors (Lipinski definition) is 4. The Morgan fingerprint density at radius 2 is 2.09 bits per heavy atom. The van der Waals surface area contributed by atoms with E-state index in [1.807, 2.05) is 24.3 Å². The smallest absolute Gasteiger partial charge is 0.224 e. The third-order valence-corrected chi connectivity index (χ3v) is 4.29. The van der Waals surface area contributed by atoms with Crippen LogP contribution in [-0.2, 0) is 16.0 Å². The summed E-state index contributed by atoms with van der Waals surface area (Å²) < 4.78 is 10.6. The average molecular weight is 320 g/mol. The number of morpholine rings is 1. The summed E-state index contributed by atoms with van der Waals surface area (Å²) in [6, 6.07) is 8.00. The molecule has 0 bridgehead atoms. The lowest BCUT2D eigenvalue weighted by atomic mass is 10.0. The quantitative estimate of drug-likeness (QED) is 0.831. The number of nitrogens with zero attached hydrogens (tertiary/aromatic N) is 1. The molecule has 128 valence electrons. The van der Waals surface area contributed by atoms with Crippen LogP contribution in [0.25, 0.3) is 0 Å². The fourth-order valence-electron chi connectivity index (χ4n) is 2.94. The van der Waals surface area contributed by atoms with Crippen LogP contribution < -0.4 is 10.1 Å². The van der Waals surface area contributed by atoms with Gasteiger partial charge < -0.3 is 14.8 Å². The number of carbonyl (C=O) groups is 1. The second-order valence-electron chi connectivity index (χ2n) is 6.29. The van der Waals surface area contributed by atoms with E-state index in [4.69, 9.17) is 9.47 Å². The lowest BCUT2D eigenvalue weighted by molar-refractivity contribution is -0.120. The van der Waals surface area contributed by atoms with E-state index in [9.17, 15) is 4.79 Å². The van der Waals surface area contributed by atoms with Gasteiger partial charge >= 0.3 is 0 Å². The van der Waals surface area contributed by atoms with E-state index in [0.717, 1.165) is 37.6 Å². The topological polar surface area (TPSA) is 50.8 Å². The molecule has 1 unspecified atom stereocenters. The van der Waals surface area contributed by atoms with Crippen LogP contribution in [0, 0.1) is 5.92 Å². The molecule has 1 heterocycles. The van der Waals surface area contributed by atoms with Crippen molar-refractivity contribution in [2.45, 2.75) is 26.3 Å². The van der Waals surface area contributed by atoms with Crippen molar-refractivity contribution in [3.8, 4) is 5.75 Å². The van der Waals surface area contributed by atoms with Gasteiger partial charge in [-0.2, -0.15) is 0 Å². The molecular weight excluding hydrogens is 292 g/mol. The van der Waals surface area contributed by atoms with Gasteiger partial charge in [-0.05, 0) is 23.6 Å². The molecule has 0 aliphatic carbocycles. The zero-order chi connectivity index (χ0) is 16.7. The van der Waals surface area contributed by atoms with Gasteiger partial charge in [0.15, 0.2) is 0 Å². The average Bonchev–Trinajstić information content (AvgIpc) is 2.56. The summed E-state index contributed by atoms with van der Waals surface area (Å²) in [5.41, 5.74) is 0.967. The first-order valence-corrected chi connectivity index (χ1v) is 8.31. The van der Waals surface area contributed by atoms with Crippen molar-refractivity contribution < 1.29 is 14.3 Å². The maximum absolute atomic E-state index is 12.2. The first-order valence-electron chi connectivity index (χ1n) is 8.31. The van der Waals surface area contributed by atoms with Gasteiger partial charge in [-0.15, -0.1) is 0 Å². The van der Waals surface area contributed by atoms with Crippen LogP contribution in [0.15, 0.2) is 24.3 Å². The van der Waals surface area contributed by atoms with Crippen LogP contribution in [0.1, 0.15) is 19.4 Å². The van der Waals surface area contributed by atoms with Crippen molar-refractivity contribution in [2.75, 3.05) is 40.0 Å². The van der Waals surface area contributed by atoms with Crippen LogP contribution in [0.3, 0.4) is 0 Å². The normalized spacial score (nSPS) is 17.0. The fourth-order valence-corrected chi connectivity index (χ4v) is 2.94. The maximum Gasteiger partial charge on any atom is 0.224 e. The van der Waals surface area contributed by atoms with Gasteiger partial charge in [-0.3, -0.25) is 9.69 Å². The van der Waals surface area contributed by atoms with Crippen LogP contribution >= 0.6 is 0 Å². The molecular formula is C18H28N2O3. The summed E-state index contributed by atoms with van der Waals surface area (Å²) in [5.74, 6) is 1.33. The first-order chi connectivity index (χ1) is 11.1. The predicted molar refractivity (Wildman–Crippen MR) is 90.7 cm³/mol. The van der Waals surface area contributed by atoms with Gasteiger partial charge in [0, 0.05) is 25.7 Å². The Hall–Kier alpha value is -1.59. The number of nitrogens with one attached hydrogen (secondary N) is 1. The highest BCUT2D eigenvalue weighted by Gasteiger charge is 2.24. The molecule has 1 aliphatic heterocycles. The second-order valence-corrected chi connectivity index (χ2v) is 6.29. The standard InChI is InChI=1S/C18H28N2O3/c1-14(2)17(20-7-9-23-10-8-20)13-19-18(21)12-15-5-4-6-16(11-15)22-3/h4-6,11,14,17H,7-10,12-13H2,1-3H3,(H,19,21). The van der Waals surface area contributed by atoms with Crippen LogP contribution in [0.4, 0.5) is 0 Å². The molecule has 1 aromatic carbocycles. The van der Waals surface area contributed by atoms with Crippen molar-refractivity contribution in [1.29, 1.82) is 0 Å². The summed E-state index contributed by atoms with van der Waals surface area (Å²) in [4.78, 5) is 14.6. The fraction of sp³-hybridized carbons (Fsp3) is 0.611.